The van der Waals surface area contributed by atoms with E-state index in [1.54, 1.807) is 6.26 Å². The van der Waals surface area contributed by atoms with Crippen LogP contribution in [0.3, 0.4) is 0 Å². The van der Waals surface area contributed by atoms with Crippen molar-refractivity contribution in [3.8, 4) is 5.88 Å². The lowest BCUT2D eigenvalue weighted by Crippen LogP contribution is -1.91. The molecule has 4 heteroatoms. The Kier molecular flexibility index (Phi) is 2.70. The van der Waals surface area contributed by atoms with Gasteiger partial charge in [-0.2, -0.15) is 0 Å². The van der Waals surface area contributed by atoms with Crippen LogP contribution in [0.2, 0.25) is 0 Å². The summed E-state index contributed by atoms with van der Waals surface area (Å²) in [6, 6.07) is 2.84. The smallest absolute Gasteiger partial charge is 0.214 e. The Bertz CT molecular complexity index is 254. The van der Waals surface area contributed by atoms with Crippen LogP contribution in [-0.4, -0.2) is 18.3 Å². The Morgan fingerprint density at radius 1 is 1.55 bits per heavy atom. The molecule has 0 amide bonds. The molecule has 0 aliphatic heterocycles. The van der Waals surface area contributed by atoms with Crippen molar-refractivity contribution in [3.63, 3.8) is 0 Å². The van der Waals surface area contributed by atoms with E-state index in [1.807, 2.05) is 0 Å². The Balaban J connectivity index is 3.02. The molecule has 0 fully saturated rings. The Morgan fingerprint density at radius 3 is 2.82 bits per heavy atom. The molecule has 1 aromatic rings. The van der Waals surface area contributed by atoms with E-state index in [0.29, 0.717) is 10.9 Å². The maximum Gasteiger partial charge on any atom is 0.214 e. The average Bonchev–Trinajstić information content (AvgIpc) is 2.05. The molecular formula is C7H8FNOS. The first-order valence-corrected chi connectivity index (χ1v) is 4.25. The van der Waals surface area contributed by atoms with E-state index in [0.717, 1.165) is 0 Å². The molecule has 2 nitrogen and oxygen atoms in total. The fourth-order valence-corrected chi connectivity index (χ4v) is 1.11. The number of hydrogen-bond donors (Lipinski definition) is 0. The fraction of sp³-hybridized carbons (Fsp3) is 0.286. The van der Waals surface area contributed by atoms with Crippen molar-refractivity contribution in [2.24, 2.45) is 0 Å². The minimum Gasteiger partial charge on any atom is -0.481 e. The van der Waals surface area contributed by atoms with Gasteiger partial charge in [0.05, 0.1) is 7.11 Å². The van der Waals surface area contributed by atoms with Gasteiger partial charge in [0, 0.05) is 6.07 Å². The van der Waals surface area contributed by atoms with Gasteiger partial charge >= 0.3 is 0 Å². The van der Waals surface area contributed by atoms with E-state index in [1.165, 1.54) is 31.0 Å². The predicted octanol–water partition coefficient (Wildman–Crippen LogP) is 1.95. The molecule has 0 saturated carbocycles. The molecule has 11 heavy (non-hydrogen) atoms. The van der Waals surface area contributed by atoms with Gasteiger partial charge < -0.3 is 4.74 Å². The van der Waals surface area contributed by atoms with Crippen molar-refractivity contribution >= 4 is 11.8 Å². The standard InChI is InChI=1S/C7H8FNOS/c1-10-6-4-3-5(8)7(9-6)11-2/h3-4H,1-2H3. The third-order valence-corrected chi connectivity index (χ3v) is 1.86. The highest BCUT2D eigenvalue weighted by Crippen LogP contribution is 2.19. The number of methoxy groups -OCH3 is 1. The van der Waals surface area contributed by atoms with Gasteiger partial charge in [-0.1, -0.05) is 0 Å². The summed E-state index contributed by atoms with van der Waals surface area (Å²) in [6.45, 7) is 0. The molecule has 1 heterocycles. The minimum absolute atomic E-state index is 0.307. The number of nitrogens with zero attached hydrogens (tertiary/aromatic N) is 1. The monoisotopic (exact) mass is 173 g/mol. The van der Waals surface area contributed by atoms with Crippen LogP contribution in [0.15, 0.2) is 17.2 Å². The summed E-state index contributed by atoms with van der Waals surface area (Å²) in [5, 5.41) is 0.365. The Hall–Kier alpha value is -0.770. The maximum absolute atomic E-state index is 12.8. The number of halogens is 1. The highest BCUT2D eigenvalue weighted by Gasteiger charge is 2.02. The molecule has 0 unspecified atom stereocenters. The second kappa shape index (κ2) is 3.57. The maximum atomic E-state index is 12.8. The van der Waals surface area contributed by atoms with E-state index in [9.17, 15) is 4.39 Å². The average molecular weight is 173 g/mol. The van der Waals surface area contributed by atoms with Gasteiger partial charge in [0.2, 0.25) is 5.88 Å². The molecule has 60 valence electrons. The van der Waals surface area contributed by atoms with Crippen molar-refractivity contribution in [3.05, 3.63) is 17.9 Å². The summed E-state index contributed by atoms with van der Waals surface area (Å²) in [5.41, 5.74) is 0. The first-order valence-electron chi connectivity index (χ1n) is 3.02. The zero-order valence-corrected chi connectivity index (χ0v) is 7.11. The molecule has 0 saturated heterocycles. The van der Waals surface area contributed by atoms with Gasteiger partial charge in [-0.15, -0.1) is 11.8 Å². The lowest BCUT2D eigenvalue weighted by molar-refractivity contribution is 0.390. The SMILES string of the molecule is COc1ccc(F)c(SC)n1. The topological polar surface area (TPSA) is 22.1 Å². The number of pyridine rings is 1. The van der Waals surface area contributed by atoms with Crippen LogP contribution in [-0.2, 0) is 0 Å². The fourth-order valence-electron chi connectivity index (χ4n) is 0.663. The quantitative estimate of drug-likeness (QED) is 0.638. The van der Waals surface area contributed by atoms with Crippen molar-refractivity contribution < 1.29 is 9.13 Å². The summed E-state index contributed by atoms with van der Waals surface area (Å²) >= 11 is 1.26. The molecule has 0 bridgehead atoms. The zero-order chi connectivity index (χ0) is 8.27. The first kappa shape index (κ1) is 8.33. The van der Waals surface area contributed by atoms with E-state index >= 15 is 0 Å². The first-order chi connectivity index (χ1) is 5.27. The molecule has 1 rings (SSSR count). The second-order valence-electron chi connectivity index (χ2n) is 1.84. The van der Waals surface area contributed by atoms with E-state index < -0.39 is 0 Å². The number of hydrogen-bond acceptors (Lipinski definition) is 3. The second-order valence-corrected chi connectivity index (χ2v) is 2.64. The van der Waals surface area contributed by atoms with Crippen LogP contribution >= 0.6 is 11.8 Å². The van der Waals surface area contributed by atoms with E-state index in [-0.39, 0.29) is 5.82 Å². The summed E-state index contributed by atoms with van der Waals surface area (Å²) in [6.07, 6.45) is 1.77. The summed E-state index contributed by atoms with van der Waals surface area (Å²) in [5.74, 6) is 0.133. The minimum atomic E-state index is -0.307. The lowest BCUT2D eigenvalue weighted by atomic mass is 10.5. The lowest BCUT2D eigenvalue weighted by Gasteiger charge is -2.00. The third kappa shape index (κ3) is 1.83. The Morgan fingerprint density at radius 2 is 2.27 bits per heavy atom. The van der Waals surface area contributed by atoms with Gasteiger partial charge in [0.15, 0.2) is 5.82 Å². The van der Waals surface area contributed by atoms with Gasteiger partial charge in [0.25, 0.3) is 0 Å². The normalized spacial score (nSPS) is 9.73. The van der Waals surface area contributed by atoms with Crippen LogP contribution in [0.4, 0.5) is 4.39 Å². The largest absolute Gasteiger partial charge is 0.481 e. The predicted molar refractivity (Wildman–Crippen MR) is 42.5 cm³/mol. The number of rotatable bonds is 2. The van der Waals surface area contributed by atoms with Gasteiger partial charge in [-0.25, -0.2) is 9.37 Å². The molecule has 0 spiro atoms. The van der Waals surface area contributed by atoms with Gasteiger partial charge in [-0.3, -0.25) is 0 Å². The van der Waals surface area contributed by atoms with Crippen molar-refractivity contribution in [2.45, 2.75) is 5.03 Å². The molecule has 0 radical (unpaired) electrons. The highest BCUT2D eigenvalue weighted by molar-refractivity contribution is 7.98. The number of aromatic nitrogens is 1. The zero-order valence-electron chi connectivity index (χ0n) is 6.30. The Labute approximate surface area is 68.8 Å². The molecule has 0 aliphatic rings. The van der Waals surface area contributed by atoms with Crippen LogP contribution in [0.5, 0.6) is 5.88 Å². The highest BCUT2D eigenvalue weighted by atomic mass is 32.2. The van der Waals surface area contributed by atoms with Crippen LogP contribution < -0.4 is 4.74 Å². The number of thioether (sulfide) groups is 1. The van der Waals surface area contributed by atoms with Gasteiger partial charge in [0.1, 0.15) is 5.03 Å². The molecule has 0 aliphatic carbocycles. The molecule has 0 atom stereocenters. The summed E-state index contributed by atoms with van der Waals surface area (Å²) in [7, 11) is 1.50. The summed E-state index contributed by atoms with van der Waals surface area (Å²) in [4.78, 5) is 3.88. The third-order valence-electron chi connectivity index (χ3n) is 1.19. The molecular weight excluding hydrogens is 165 g/mol. The molecule has 0 N–H and O–H groups in total. The molecule has 1 aromatic heterocycles. The van der Waals surface area contributed by atoms with Crippen LogP contribution in [0.25, 0.3) is 0 Å². The number of ether oxygens (including phenoxy) is 1. The van der Waals surface area contributed by atoms with E-state index in [2.05, 4.69) is 4.98 Å². The van der Waals surface area contributed by atoms with Crippen molar-refractivity contribution in [1.82, 2.24) is 4.98 Å². The van der Waals surface area contributed by atoms with Crippen molar-refractivity contribution in [1.29, 1.82) is 0 Å². The van der Waals surface area contributed by atoms with E-state index in [4.69, 9.17) is 4.74 Å². The van der Waals surface area contributed by atoms with Crippen LogP contribution in [0.1, 0.15) is 0 Å². The van der Waals surface area contributed by atoms with Crippen LogP contribution in [0, 0.1) is 5.82 Å². The van der Waals surface area contributed by atoms with Crippen molar-refractivity contribution in [2.75, 3.05) is 13.4 Å². The summed E-state index contributed by atoms with van der Waals surface area (Å²) < 4.78 is 17.6. The molecule has 0 aromatic carbocycles. The van der Waals surface area contributed by atoms with Gasteiger partial charge in [-0.05, 0) is 12.3 Å².